The molecule has 6 heteroatoms. The highest BCUT2D eigenvalue weighted by Crippen LogP contribution is 2.22. The molecule has 130 valence electrons. The fourth-order valence-electron chi connectivity index (χ4n) is 3.49. The molecule has 24 heavy (non-hydrogen) atoms. The van der Waals surface area contributed by atoms with E-state index >= 15 is 0 Å². The van der Waals surface area contributed by atoms with Crippen molar-refractivity contribution in [3.63, 3.8) is 0 Å². The van der Waals surface area contributed by atoms with Crippen LogP contribution in [0.15, 0.2) is 18.2 Å². The number of nitrogens with zero attached hydrogens (tertiary/aromatic N) is 4. The molecule has 6 nitrogen and oxygen atoms in total. The second-order valence-corrected chi connectivity index (χ2v) is 6.58. The number of carbonyl (C=O) groups is 1. The van der Waals surface area contributed by atoms with Gasteiger partial charge in [0.1, 0.15) is 5.82 Å². The first-order valence-electron chi connectivity index (χ1n) is 8.75. The molecule has 3 rings (SSSR count). The number of aryl methyl sites for hydroxylation is 2. The van der Waals surface area contributed by atoms with Crippen molar-refractivity contribution in [3.05, 3.63) is 24.0 Å². The third kappa shape index (κ3) is 3.11. The molecule has 1 N–H and O–H groups in total. The Morgan fingerprint density at radius 3 is 2.83 bits per heavy atom. The van der Waals surface area contributed by atoms with Crippen LogP contribution in [0.3, 0.4) is 0 Å². The van der Waals surface area contributed by atoms with Gasteiger partial charge in [0.25, 0.3) is 0 Å². The number of benzene rings is 1. The van der Waals surface area contributed by atoms with Crippen LogP contribution in [0.2, 0.25) is 0 Å². The standard InChI is InChI=1S/C18H27N5O/c1-5-17-20-15-11-13(7-8-16(15)23(17)6-2)19-18(24)22(4)14-9-10-21(3)12-14/h7-8,11,14H,5-6,9-10,12H2,1-4H3,(H,19,24)/t14-/m1/s1. The maximum Gasteiger partial charge on any atom is 0.321 e. The Bertz CT molecular complexity index is 738. The molecule has 0 bridgehead atoms. The number of fused-ring (bicyclic) bond motifs is 1. The monoisotopic (exact) mass is 329 g/mol. The molecule has 1 aromatic carbocycles. The summed E-state index contributed by atoms with van der Waals surface area (Å²) in [5.41, 5.74) is 2.86. The molecular formula is C18H27N5O. The number of urea groups is 1. The number of hydrogen-bond donors (Lipinski definition) is 1. The second-order valence-electron chi connectivity index (χ2n) is 6.58. The summed E-state index contributed by atoms with van der Waals surface area (Å²) in [6, 6.07) is 6.20. The molecule has 2 heterocycles. The topological polar surface area (TPSA) is 53.4 Å². The minimum Gasteiger partial charge on any atom is -0.328 e. The van der Waals surface area contributed by atoms with Gasteiger partial charge >= 0.3 is 6.03 Å². The van der Waals surface area contributed by atoms with Crippen molar-refractivity contribution < 1.29 is 4.79 Å². The van der Waals surface area contributed by atoms with E-state index in [1.165, 1.54) is 0 Å². The zero-order valence-corrected chi connectivity index (χ0v) is 15.0. The van der Waals surface area contributed by atoms with Crippen LogP contribution in [0.4, 0.5) is 10.5 Å². The van der Waals surface area contributed by atoms with Gasteiger partial charge in [-0.25, -0.2) is 9.78 Å². The normalized spacial score (nSPS) is 18.2. The smallest absolute Gasteiger partial charge is 0.321 e. The summed E-state index contributed by atoms with van der Waals surface area (Å²) >= 11 is 0. The van der Waals surface area contributed by atoms with E-state index in [2.05, 4.69) is 35.7 Å². The summed E-state index contributed by atoms with van der Waals surface area (Å²) in [7, 11) is 3.97. The molecule has 1 aliphatic rings. The van der Waals surface area contributed by atoms with Crippen LogP contribution in [0.25, 0.3) is 11.0 Å². The van der Waals surface area contributed by atoms with Crippen molar-refractivity contribution in [1.82, 2.24) is 19.4 Å². The maximum absolute atomic E-state index is 12.5. The van der Waals surface area contributed by atoms with Crippen LogP contribution in [-0.2, 0) is 13.0 Å². The molecule has 1 saturated heterocycles. The molecular weight excluding hydrogens is 302 g/mol. The summed E-state index contributed by atoms with van der Waals surface area (Å²) in [6.45, 7) is 7.13. The summed E-state index contributed by atoms with van der Waals surface area (Å²) in [5, 5.41) is 3.01. The average Bonchev–Trinajstić information content (AvgIpc) is 3.16. The van der Waals surface area contributed by atoms with Crippen molar-refractivity contribution in [2.75, 3.05) is 32.5 Å². The minimum absolute atomic E-state index is 0.0553. The SMILES string of the molecule is CCc1nc2cc(NC(=O)N(C)[C@@H]3CCN(C)C3)ccc2n1CC. The quantitative estimate of drug-likeness (QED) is 0.938. The first-order chi connectivity index (χ1) is 11.5. The van der Waals surface area contributed by atoms with Gasteiger partial charge in [-0.15, -0.1) is 0 Å². The van der Waals surface area contributed by atoms with Gasteiger partial charge in [-0.05, 0) is 45.1 Å². The number of anilines is 1. The number of carbonyl (C=O) groups excluding carboxylic acids is 1. The zero-order chi connectivity index (χ0) is 17.3. The molecule has 0 saturated carbocycles. The Balaban J connectivity index is 1.76. The highest BCUT2D eigenvalue weighted by Gasteiger charge is 2.26. The third-order valence-electron chi connectivity index (χ3n) is 4.95. The van der Waals surface area contributed by atoms with E-state index < -0.39 is 0 Å². The Morgan fingerprint density at radius 1 is 1.42 bits per heavy atom. The Kier molecular flexibility index (Phi) is 4.76. The fourth-order valence-corrected chi connectivity index (χ4v) is 3.49. The molecule has 0 spiro atoms. The predicted octanol–water partition coefficient (Wildman–Crippen LogP) is 2.79. The summed E-state index contributed by atoms with van der Waals surface area (Å²) in [4.78, 5) is 21.3. The van der Waals surface area contributed by atoms with Crippen LogP contribution in [0.5, 0.6) is 0 Å². The first-order valence-corrected chi connectivity index (χ1v) is 8.75. The maximum atomic E-state index is 12.5. The molecule has 0 radical (unpaired) electrons. The van der Waals surface area contributed by atoms with E-state index in [1.54, 1.807) is 0 Å². The average molecular weight is 329 g/mol. The van der Waals surface area contributed by atoms with Gasteiger partial charge in [0.2, 0.25) is 0 Å². The van der Waals surface area contributed by atoms with Crippen LogP contribution >= 0.6 is 0 Å². The summed E-state index contributed by atoms with van der Waals surface area (Å²) < 4.78 is 2.22. The van der Waals surface area contributed by atoms with E-state index in [0.717, 1.165) is 55.0 Å². The largest absolute Gasteiger partial charge is 0.328 e. The Morgan fingerprint density at radius 2 is 2.21 bits per heavy atom. The van der Waals surface area contributed by atoms with E-state index in [4.69, 9.17) is 4.98 Å². The molecule has 1 fully saturated rings. The van der Waals surface area contributed by atoms with Crippen molar-refractivity contribution >= 4 is 22.8 Å². The molecule has 1 aromatic heterocycles. The van der Waals surface area contributed by atoms with Crippen LogP contribution in [-0.4, -0.2) is 58.6 Å². The lowest BCUT2D eigenvalue weighted by Crippen LogP contribution is -2.41. The van der Waals surface area contributed by atoms with Crippen molar-refractivity contribution in [1.29, 1.82) is 0 Å². The van der Waals surface area contributed by atoms with Gasteiger partial charge in [-0.1, -0.05) is 6.92 Å². The third-order valence-corrected chi connectivity index (χ3v) is 4.95. The lowest BCUT2D eigenvalue weighted by atomic mass is 10.2. The molecule has 1 atom stereocenters. The minimum atomic E-state index is -0.0553. The number of likely N-dealkylation sites (tertiary alicyclic amines) is 1. The van der Waals surface area contributed by atoms with Crippen molar-refractivity contribution in [2.24, 2.45) is 0 Å². The fraction of sp³-hybridized carbons (Fsp3) is 0.556. The van der Waals surface area contributed by atoms with Crippen LogP contribution in [0, 0.1) is 0 Å². The molecule has 0 aliphatic carbocycles. The van der Waals surface area contributed by atoms with Crippen LogP contribution < -0.4 is 5.32 Å². The van der Waals surface area contributed by atoms with Gasteiger partial charge in [0.15, 0.2) is 0 Å². The lowest BCUT2D eigenvalue weighted by Gasteiger charge is -2.24. The number of nitrogens with one attached hydrogen (secondary N) is 1. The number of amides is 2. The number of rotatable bonds is 4. The summed E-state index contributed by atoms with van der Waals surface area (Å²) in [6.07, 6.45) is 1.93. The zero-order valence-electron chi connectivity index (χ0n) is 15.0. The predicted molar refractivity (Wildman–Crippen MR) is 97.5 cm³/mol. The van der Waals surface area contributed by atoms with E-state index in [-0.39, 0.29) is 12.1 Å². The number of likely N-dealkylation sites (N-methyl/N-ethyl adjacent to an activating group) is 2. The van der Waals surface area contributed by atoms with Gasteiger partial charge in [-0.3, -0.25) is 0 Å². The Labute approximate surface area is 143 Å². The molecule has 2 amide bonds. The van der Waals surface area contributed by atoms with E-state index in [1.807, 2.05) is 30.1 Å². The molecule has 0 unspecified atom stereocenters. The van der Waals surface area contributed by atoms with Gasteiger partial charge in [-0.2, -0.15) is 0 Å². The van der Waals surface area contributed by atoms with Gasteiger partial charge in [0, 0.05) is 38.3 Å². The van der Waals surface area contributed by atoms with Crippen molar-refractivity contribution in [3.8, 4) is 0 Å². The first kappa shape index (κ1) is 16.8. The van der Waals surface area contributed by atoms with E-state index in [9.17, 15) is 4.79 Å². The van der Waals surface area contributed by atoms with E-state index in [0.29, 0.717) is 0 Å². The number of hydrogen-bond acceptors (Lipinski definition) is 3. The lowest BCUT2D eigenvalue weighted by molar-refractivity contribution is 0.204. The molecule has 1 aliphatic heterocycles. The van der Waals surface area contributed by atoms with Crippen LogP contribution in [0.1, 0.15) is 26.1 Å². The highest BCUT2D eigenvalue weighted by atomic mass is 16.2. The van der Waals surface area contributed by atoms with Gasteiger partial charge < -0.3 is 19.7 Å². The Hall–Kier alpha value is -2.08. The molecule has 2 aromatic rings. The number of aromatic nitrogens is 2. The summed E-state index contributed by atoms with van der Waals surface area (Å²) in [5.74, 6) is 1.09. The van der Waals surface area contributed by atoms with Gasteiger partial charge in [0.05, 0.1) is 11.0 Å². The second kappa shape index (κ2) is 6.81. The number of imidazole rings is 1. The highest BCUT2D eigenvalue weighted by molar-refractivity contribution is 5.92. The van der Waals surface area contributed by atoms with Crippen molar-refractivity contribution in [2.45, 2.75) is 39.3 Å².